The predicted octanol–water partition coefficient (Wildman–Crippen LogP) is 1.74. The van der Waals surface area contributed by atoms with E-state index in [1.54, 1.807) is 6.92 Å². The topological polar surface area (TPSA) is 75.9 Å². The summed E-state index contributed by atoms with van der Waals surface area (Å²) in [6, 6.07) is 0. The average Bonchev–Trinajstić information content (AvgIpc) is 2.25. The molecule has 0 aliphatic carbocycles. The molecule has 1 aromatic heterocycles. The van der Waals surface area contributed by atoms with Crippen LogP contribution in [0.4, 0.5) is 24.9 Å². The molecule has 1 aromatic rings. The molecule has 1 heterocycles. The van der Waals surface area contributed by atoms with Crippen LogP contribution in [0.25, 0.3) is 0 Å². The van der Waals surface area contributed by atoms with E-state index in [0.29, 0.717) is 5.82 Å². The summed E-state index contributed by atoms with van der Waals surface area (Å²) in [7, 11) is 0. The Balaban J connectivity index is 2.46. The largest absolute Gasteiger partial charge is 0.441 e. The first-order chi connectivity index (χ1) is 7.92. The summed E-state index contributed by atoms with van der Waals surface area (Å²) in [5.74, 6) is 5.72. The Morgan fingerprint density at radius 2 is 2.18 bits per heavy atom. The van der Waals surface area contributed by atoms with Gasteiger partial charge < -0.3 is 5.32 Å². The van der Waals surface area contributed by atoms with Crippen LogP contribution in [0.2, 0.25) is 0 Å². The SMILES string of the molecule is Cc1cnc(NN)nc1NCCSC(F)(F)F. The third-order valence-corrected chi connectivity index (χ3v) is 2.50. The average molecular weight is 267 g/mol. The van der Waals surface area contributed by atoms with Gasteiger partial charge in [0.1, 0.15) is 5.82 Å². The van der Waals surface area contributed by atoms with E-state index in [1.807, 2.05) is 0 Å². The molecule has 0 aromatic carbocycles. The number of hydrogen-bond donors (Lipinski definition) is 3. The summed E-state index contributed by atoms with van der Waals surface area (Å²) in [4.78, 5) is 7.83. The molecule has 0 aliphatic heterocycles. The van der Waals surface area contributed by atoms with E-state index in [2.05, 4.69) is 20.7 Å². The van der Waals surface area contributed by atoms with Gasteiger partial charge in [0.2, 0.25) is 5.95 Å². The van der Waals surface area contributed by atoms with E-state index in [0.717, 1.165) is 5.56 Å². The second-order valence-corrected chi connectivity index (χ2v) is 4.25. The van der Waals surface area contributed by atoms with Gasteiger partial charge >= 0.3 is 5.51 Å². The number of nitrogens with one attached hydrogen (secondary N) is 2. The molecule has 1 rings (SSSR count). The Morgan fingerprint density at radius 3 is 2.76 bits per heavy atom. The van der Waals surface area contributed by atoms with Crippen molar-refractivity contribution in [1.82, 2.24) is 9.97 Å². The number of rotatable bonds is 5. The number of aryl methyl sites for hydroxylation is 1. The molecular formula is C8H12F3N5S. The number of anilines is 2. The van der Waals surface area contributed by atoms with Gasteiger partial charge in [-0.25, -0.2) is 10.8 Å². The Kier molecular flexibility index (Phi) is 4.82. The third kappa shape index (κ3) is 5.09. The van der Waals surface area contributed by atoms with Crippen LogP contribution in [-0.2, 0) is 0 Å². The van der Waals surface area contributed by atoms with Crippen LogP contribution in [-0.4, -0.2) is 27.8 Å². The van der Waals surface area contributed by atoms with E-state index in [4.69, 9.17) is 5.84 Å². The molecule has 0 saturated heterocycles. The van der Waals surface area contributed by atoms with Gasteiger partial charge in [0.15, 0.2) is 0 Å². The van der Waals surface area contributed by atoms with Crippen molar-refractivity contribution in [2.45, 2.75) is 12.4 Å². The molecule has 0 bridgehead atoms. The van der Waals surface area contributed by atoms with Crippen LogP contribution in [0.15, 0.2) is 6.20 Å². The summed E-state index contributed by atoms with van der Waals surface area (Å²) in [5, 5.41) is 2.79. The van der Waals surface area contributed by atoms with Crippen molar-refractivity contribution < 1.29 is 13.2 Å². The number of nitrogen functional groups attached to an aromatic ring is 1. The minimum absolute atomic E-state index is 0.0776. The maximum Gasteiger partial charge on any atom is 0.441 e. The van der Waals surface area contributed by atoms with Gasteiger partial charge in [0, 0.05) is 24.1 Å². The monoisotopic (exact) mass is 267 g/mol. The van der Waals surface area contributed by atoms with Crippen LogP contribution in [0.3, 0.4) is 0 Å². The highest BCUT2D eigenvalue weighted by atomic mass is 32.2. The van der Waals surface area contributed by atoms with Crippen molar-refractivity contribution in [2.75, 3.05) is 23.0 Å². The van der Waals surface area contributed by atoms with E-state index < -0.39 is 5.51 Å². The molecule has 0 radical (unpaired) electrons. The lowest BCUT2D eigenvalue weighted by Gasteiger charge is -2.10. The first kappa shape index (κ1) is 13.8. The molecule has 0 saturated carbocycles. The lowest BCUT2D eigenvalue weighted by molar-refractivity contribution is -0.0327. The minimum atomic E-state index is -4.20. The van der Waals surface area contributed by atoms with Gasteiger partial charge in [-0.15, -0.1) is 0 Å². The number of aromatic nitrogens is 2. The highest BCUT2D eigenvalue weighted by Gasteiger charge is 2.27. The number of hydrazine groups is 1. The molecule has 4 N–H and O–H groups in total. The summed E-state index contributed by atoms with van der Waals surface area (Å²) in [5.41, 5.74) is -1.20. The minimum Gasteiger partial charge on any atom is -0.369 e. The Labute approximate surface area is 100 Å². The number of nitrogens with two attached hydrogens (primary N) is 1. The fraction of sp³-hybridized carbons (Fsp3) is 0.500. The molecule has 9 heteroatoms. The quantitative estimate of drug-likeness (QED) is 0.428. The molecule has 0 amide bonds. The Bertz CT molecular complexity index is 371. The lowest BCUT2D eigenvalue weighted by atomic mass is 10.3. The molecule has 17 heavy (non-hydrogen) atoms. The van der Waals surface area contributed by atoms with Crippen molar-refractivity contribution in [3.63, 3.8) is 0 Å². The zero-order valence-electron chi connectivity index (χ0n) is 9.01. The highest BCUT2D eigenvalue weighted by Crippen LogP contribution is 2.29. The number of thioether (sulfide) groups is 1. The first-order valence-electron chi connectivity index (χ1n) is 4.67. The summed E-state index contributed by atoms with van der Waals surface area (Å²) < 4.78 is 35.6. The molecule has 0 unspecified atom stereocenters. The second-order valence-electron chi connectivity index (χ2n) is 3.09. The molecule has 0 spiro atoms. The summed E-state index contributed by atoms with van der Waals surface area (Å²) in [6.45, 7) is 1.91. The van der Waals surface area contributed by atoms with Gasteiger partial charge in [-0.1, -0.05) is 0 Å². The van der Waals surface area contributed by atoms with Gasteiger partial charge in [-0.05, 0) is 18.7 Å². The maximum absolute atomic E-state index is 11.9. The van der Waals surface area contributed by atoms with Gasteiger partial charge in [-0.3, -0.25) is 5.43 Å². The van der Waals surface area contributed by atoms with Crippen molar-refractivity contribution in [3.05, 3.63) is 11.8 Å². The lowest BCUT2D eigenvalue weighted by Crippen LogP contribution is -2.14. The van der Waals surface area contributed by atoms with E-state index in [9.17, 15) is 13.2 Å². The Morgan fingerprint density at radius 1 is 1.47 bits per heavy atom. The van der Waals surface area contributed by atoms with Crippen LogP contribution in [0, 0.1) is 6.92 Å². The smallest absolute Gasteiger partial charge is 0.369 e. The molecule has 5 nitrogen and oxygen atoms in total. The van der Waals surface area contributed by atoms with E-state index in [1.165, 1.54) is 6.20 Å². The van der Waals surface area contributed by atoms with Crippen molar-refractivity contribution in [2.24, 2.45) is 5.84 Å². The normalized spacial score (nSPS) is 11.4. The zero-order chi connectivity index (χ0) is 12.9. The molecular weight excluding hydrogens is 255 g/mol. The number of hydrogen-bond acceptors (Lipinski definition) is 6. The standard InChI is InChI=1S/C8H12F3N5S/c1-5-4-14-7(16-12)15-6(5)13-2-3-17-8(9,10)11/h4H,2-3,12H2,1H3,(H2,13,14,15,16). The fourth-order valence-electron chi connectivity index (χ4n) is 1.03. The molecule has 96 valence electrons. The first-order valence-corrected chi connectivity index (χ1v) is 5.66. The maximum atomic E-state index is 11.9. The number of halogens is 3. The van der Waals surface area contributed by atoms with Crippen molar-refractivity contribution in [1.29, 1.82) is 0 Å². The van der Waals surface area contributed by atoms with Gasteiger partial charge in [0.05, 0.1) is 0 Å². The Hall–Kier alpha value is -1.22. The third-order valence-electron chi connectivity index (χ3n) is 1.76. The van der Waals surface area contributed by atoms with Crippen LogP contribution in [0.1, 0.15) is 5.56 Å². The number of alkyl halides is 3. The fourth-order valence-corrected chi connectivity index (χ4v) is 1.46. The van der Waals surface area contributed by atoms with Crippen molar-refractivity contribution >= 4 is 23.5 Å². The predicted molar refractivity (Wildman–Crippen MR) is 61.6 cm³/mol. The summed E-state index contributed by atoms with van der Waals surface area (Å²) in [6.07, 6.45) is 1.53. The molecule has 0 fully saturated rings. The van der Waals surface area contributed by atoms with Crippen LogP contribution in [0.5, 0.6) is 0 Å². The van der Waals surface area contributed by atoms with Gasteiger partial charge in [-0.2, -0.15) is 18.2 Å². The van der Waals surface area contributed by atoms with E-state index in [-0.39, 0.29) is 30.0 Å². The van der Waals surface area contributed by atoms with Crippen LogP contribution < -0.4 is 16.6 Å². The summed E-state index contributed by atoms with van der Waals surface area (Å²) >= 11 is -0.0776. The van der Waals surface area contributed by atoms with E-state index >= 15 is 0 Å². The number of nitrogens with zero attached hydrogens (tertiary/aromatic N) is 2. The molecule has 0 atom stereocenters. The van der Waals surface area contributed by atoms with Crippen LogP contribution >= 0.6 is 11.8 Å². The zero-order valence-corrected chi connectivity index (χ0v) is 9.82. The molecule has 0 aliphatic rings. The highest BCUT2D eigenvalue weighted by molar-refractivity contribution is 8.00. The van der Waals surface area contributed by atoms with Gasteiger partial charge in [0.25, 0.3) is 0 Å². The second kappa shape index (κ2) is 5.92. The van der Waals surface area contributed by atoms with Crippen molar-refractivity contribution in [3.8, 4) is 0 Å².